The van der Waals surface area contributed by atoms with Crippen LogP contribution in [-0.4, -0.2) is 57.6 Å². The summed E-state index contributed by atoms with van der Waals surface area (Å²) in [6, 6.07) is 12.0. The van der Waals surface area contributed by atoms with E-state index in [9.17, 15) is 18.0 Å². The molecule has 180 valence electrons. The van der Waals surface area contributed by atoms with Crippen molar-refractivity contribution in [2.24, 2.45) is 0 Å². The first kappa shape index (κ1) is 26.2. The second kappa shape index (κ2) is 11.2. The van der Waals surface area contributed by atoms with Crippen LogP contribution in [0.3, 0.4) is 0 Å². The van der Waals surface area contributed by atoms with Crippen molar-refractivity contribution in [1.29, 1.82) is 0 Å². The van der Waals surface area contributed by atoms with Gasteiger partial charge in [-0.05, 0) is 51.0 Å². The number of carbonyl (C=O) groups is 2. The first-order chi connectivity index (χ1) is 15.5. The number of likely N-dealkylation sites (N-methyl/N-ethyl adjacent to an activating group) is 1. The van der Waals surface area contributed by atoms with Crippen LogP contribution in [0.2, 0.25) is 0 Å². The highest BCUT2D eigenvalue weighted by Gasteiger charge is 2.31. The third-order valence-corrected chi connectivity index (χ3v) is 6.36. The maximum Gasteiger partial charge on any atom is 0.244 e. The first-order valence-electron chi connectivity index (χ1n) is 10.7. The van der Waals surface area contributed by atoms with Crippen molar-refractivity contribution >= 4 is 27.5 Å². The van der Waals surface area contributed by atoms with Crippen LogP contribution >= 0.6 is 0 Å². The Kier molecular flexibility index (Phi) is 8.87. The van der Waals surface area contributed by atoms with E-state index in [2.05, 4.69) is 5.32 Å². The van der Waals surface area contributed by atoms with Gasteiger partial charge in [-0.1, -0.05) is 35.9 Å². The number of nitrogens with zero attached hydrogens (tertiary/aromatic N) is 2. The fourth-order valence-electron chi connectivity index (χ4n) is 3.50. The molecule has 0 aromatic heterocycles. The topological polar surface area (TPSA) is 96.0 Å². The highest BCUT2D eigenvalue weighted by atomic mass is 32.2. The Morgan fingerprint density at radius 2 is 1.76 bits per heavy atom. The van der Waals surface area contributed by atoms with Gasteiger partial charge in [-0.2, -0.15) is 0 Å². The van der Waals surface area contributed by atoms with E-state index < -0.39 is 28.5 Å². The predicted octanol–water partition coefficient (Wildman–Crippen LogP) is 2.63. The fourth-order valence-corrected chi connectivity index (χ4v) is 4.35. The van der Waals surface area contributed by atoms with Crippen LogP contribution in [-0.2, 0) is 26.2 Å². The lowest BCUT2D eigenvalue weighted by Gasteiger charge is -2.32. The molecule has 0 bridgehead atoms. The summed E-state index contributed by atoms with van der Waals surface area (Å²) in [5.74, 6) is -0.470. The van der Waals surface area contributed by atoms with Crippen molar-refractivity contribution in [1.82, 2.24) is 10.2 Å². The van der Waals surface area contributed by atoms with Crippen LogP contribution in [0.15, 0.2) is 42.5 Å². The maximum absolute atomic E-state index is 13.5. The summed E-state index contributed by atoms with van der Waals surface area (Å²) in [5.41, 5.74) is 2.96. The molecule has 0 heterocycles. The smallest absolute Gasteiger partial charge is 0.244 e. The molecule has 0 fully saturated rings. The van der Waals surface area contributed by atoms with Crippen molar-refractivity contribution in [3.05, 3.63) is 59.2 Å². The van der Waals surface area contributed by atoms with E-state index in [0.717, 1.165) is 27.3 Å². The highest BCUT2D eigenvalue weighted by molar-refractivity contribution is 7.92. The molecule has 2 aromatic rings. The van der Waals surface area contributed by atoms with E-state index in [-0.39, 0.29) is 18.1 Å². The molecule has 0 spiro atoms. The molecule has 0 saturated heterocycles. The van der Waals surface area contributed by atoms with Gasteiger partial charge in [-0.3, -0.25) is 13.9 Å². The molecule has 2 aromatic carbocycles. The second-order valence-corrected chi connectivity index (χ2v) is 9.93. The molecule has 0 aliphatic heterocycles. The molecule has 1 atom stereocenters. The van der Waals surface area contributed by atoms with Crippen molar-refractivity contribution in [2.45, 2.75) is 40.3 Å². The van der Waals surface area contributed by atoms with Gasteiger partial charge in [0, 0.05) is 13.1 Å². The van der Waals surface area contributed by atoms with Crippen LogP contribution in [0.25, 0.3) is 0 Å². The van der Waals surface area contributed by atoms with E-state index >= 15 is 0 Å². The quantitative estimate of drug-likeness (QED) is 0.570. The van der Waals surface area contributed by atoms with Gasteiger partial charge in [0.2, 0.25) is 21.8 Å². The van der Waals surface area contributed by atoms with Gasteiger partial charge in [0.25, 0.3) is 0 Å². The number of anilines is 1. The third-order valence-electron chi connectivity index (χ3n) is 5.24. The van der Waals surface area contributed by atoms with Gasteiger partial charge in [-0.15, -0.1) is 0 Å². The zero-order chi connectivity index (χ0) is 24.8. The first-order valence-corrected chi connectivity index (χ1v) is 12.6. The third kappa shape index (κ3) is 6.95. The lowest BCUT2D eigenvalue weighted by molar-refractivity contribution is -0.139. The minimum absolute atomic E-state index is 0.168. The summed E-state index contributed by atoms with van der Waals surface area (Å²) < 4.78 is 31.8. The van der Waals surface area contributed by atoms with Gasteiger partial charge in [0.05, 0.1) is 19.1 Å². The number of carbonyl (C=O) groups excluding carboxylic acids is 2. The Labute approximate surface area is 196 Å². The van der Waals surface area contributed by atoms with Crippen LogP contribution < -0.4 is 14.4 Å². The maximum atomic E-state index is 13.5. The number of aryl methyl sites for hydroxylation is 2. The molecular weight excluding hydrogens is 442 g/mol. The Hall–Kier alpha value is -3.07. The molecule has 9 heteroatoms. The van der Waals surface area contributed by atoms with Gasteiger partial charge >= 0.3 is 0 Å². The number of benzene rings is 2. The molecular formula is C24H33N3O5S. The summed E-state index contributed by atoms with van der Waals surface area (Å²) in [5, 5.41) is 2.73. The number of hydrogen-bond donors (Lipinski definition) is 1. The molecule has 0 radical (unpaired) electrons. The molecule has 8 nitrogen and oxygen atoms in total. The number of hydrogen-bond acceptors (Lipinski definition) is 5. The summed E-state index contributed by atoms with van der Waals surface area (Å²) in [7, 11) is -2.38. The van der Waals surface area contributed by atoms with Crippen LogP contribution in [0.5, 0.6) is 5.75 Å². The molecule has 0 saturated carbocycles. The molecule has 0 aliphatic rings. The molecule has 2 amide bonds. The lowest BCUT2D eigenvalue weighted by Crippen LogP contribution is -2.51. The van der Waals surface area contributed by atoms with Gasteiger partial charge in [0.15, 0.2) is 0 Å². The van der Waals surface area contributed by atoms with Crippen LogP contribution in [0, 0.1) is 13.8 Å². The normalized spacial score (nSPS) is 12.1. The monoisotopic (exact) mass is 475 g/mol. The second-order valence-electron chi connectivity index (χ2n) is 8.03. The SMILES string of the molecule is CCNC(=O)[C@H](C)N(Cc1cccc(C)c1)C(=O)CN(c1cc(C)ccc1OC)S(C)(=O)=O. The largest absolute Gasteiger partial charge is 0.495 e. The van der Waals surface area contributed by atoms with Crippen molar-refractivity contribution in [3.8, 4) is 5.75 Å². The average molecular weight is 476 g/mol. The number of methoxy groups -OCH3 is 1. The van der Waals surface area contributed by atoms with Crippen molar-refractivity contribution in [3.63, 3.8) is 0 Å². The number of nitrogens with one attached hydrogen (secondary N) is 1. The van der Waals surface area contributed by atoms with Crippen LogP contribution in [0.4, 0.5) is 5.69 Å². The Bertz CT molecular complexity index is 1100. The molecule has 0 unspecified atom stereocenters. The summed E-state index contributed by atoms with van der Waals surface area (Å²) >= 11 is 0. The number of sulfonamides is 1. The minimum Gasteiger partial charge on any atom is -0.495 e. The predicted molar refractivity (Wildman–Crippen MR) is 130 cm³/mol. The average Bonchev–Trinajstić information content (AvgIpc) is 2.74. The number of amides is 2. The van der Waals surface area contributed by atoms with E-state index in [1.165, 1.54) is 12.0 Å². The highest BCUT2D eigenvalue weighted by Crippen LogP contribution is 2.31. The fraction of sp³-hybridized carbons (Fsp3) is 0.417. The van der Waals surface area contributed by atoms with Gasteiger partial charge in [0.1, 0.15) is 18.3 Å². The standard InChI is InChI=1S/C24H33N3O5S/c1-7-25-24(29)19(4)26(15-20-10-8-9-17(2)13-20)23(28)16-27(33(6,30)31)21-14-18(3)11-12-22(21)32-5/h8-14,19H,7,15-16H2,1-6H3,(H,25,29)/t19-/m0/s1. The van der Waals surface area contributed by atoms with Gasteiger partial charge in [-0.25, -0.2) is 8.42 Å². The zero-order valence-electron chi connectivity index (χ0n) is 20.1. The van der Waals surface area contributed by atoms with Crippen LogP contribution in [0.1, 0.15) is 30.5 Å². The lowest BCUT2D eigenvalue weighted by atomic mass is 10.1. The zero-order valence-corrected chi connectivity index (χ0v) is 20.9. The number of ether oxygens (including phenoxy) is 1. The van der Waals surface area contributed by atoms with Crippen molar-refractivity contribution < 1.29 is 22.7 Å². The number of rotatable bonds is 10. The summed E-state index contributed by atoms with van der Waals surface area (Å²) in [4.78, 5) is 27.5. The minimum atomic E-state index is -3.83. The Morgan fingerprint density at radius 3 is 2.33 bits per heavy atom. The van der Waals surface area contributed by atoms with E-state index in [1.54, 1.807) is 32.0 Å². The Balaban J connectivity index is 2.46. The molecule has 1 N–H and O–H groups in total. The summed E-state index contributed by atoms with van der Waals surface area (Å²) in [6.45, 7) is 7.33. The molecule has 2 rings (SSSR count). The van der Waals surface area contributed by atoms with Crippen molar-refractivity contribution in [2.75, 3.05) is 30.8 Å². The summed E-state index contributed by atoms with van der Waals surface area (Å²) in [6.07, 6.45) is 1.04. The van der Waals surface area contributed by atoms with E-state index in [0.29, 0.717) is 12.3 Å². The molecule has 33 heavy (non-hydrogen) atoms. The van der Waals surface area contributed by atoms with Gasteiger partial charge < -0.3 is 15.0 Å². The van der Waals surface area contributed by atoms with E-state index in [1.807, 2.05) is 38.1 Å². The Morgan fingerprint density at radius 1 is 1.09 bits per heavy atom. The van der Waals surface area contributed by atoms with E-state index in [4.69, 9.17) is 4.74 Å². The molecule has 0 aliphatic carbocycles.